The zero-order valence-electron chi connectivity index (χ0n) is 9.32. The smallest absolute Gasteiger partial charge is 0.0234 e. The highest BCUT2D eigenvalue weighted by molar-refractivity contribution is 5.16. The van der Waals surface area contributed by atoms with Crippen LogP contribution in [0.15, 0.2) is 30.3 Å². The molecule has 1 spiro atoms. The van der Waals surface area contributed by atoms with Crippen molar-refractivity contribution in [1.82, 2.24) is 9.80 Å². The van der Waals surface area contributed by atoms with Gasteiger partial charge in [0.1, 0.15) is 0 Å². The summed E-state index contributed by atoms with van der Waals surface area (Å²) >= 11 is 0. The highest BCUT2D eigenvalue weighted by Gasteiger charge is 2.49. The van der Waals surface area contributed by atoms with Gasteiger partial charge >= 0.3 is 0 Å². The molecule has 0 saturated carbocycles. The first-order chi connectivity index (χ1) is 7.26. The molecular formula is C13H18N2. The van der Waals surface area contributed by atoms with Gasteiger partial charge in [0.25, 0.3) is 0 Å². The van der Waals surface area contributed by atoms with Crippen LogP contribution < -0.4 is 0 Å². The van der Waals surface area contributed by atoms with Gasteiger partial charge in [-0.2, -0.15) is 0 Å². The van der Waals surface area contributed by atoms with Crippen molar-refractivity contribution in [2.24, 2.45) is 5.41 Å². The van der Waals surface area contributed by atoms with Crippen molar-refractivity contribution in [2.75, 3.05) is 33.2 Å². The van der Waals surface area contributed by atoms with Crippen LogP contribution in [0.2, 0.25) is 0 Å². The lowest BCUT2D eigenvalue weighted by atomic mass is 9.73. The monoisotopic (exact) mass is 202 g/mol. The van der Waals surface area contributed by atoms with Crippen molar-refractivity contribution in [2.45, 2.75) is 6.54 Å². The Kier molecular flexibility index (Phi) is 2.08. The molecule has 2 heterocycles. The maximum atomic E-state index is 2.56. The molecule has 2 fully saturated rings. The van der Waals surface area contributed by atoms with E-state index in [2.05, 4.69) is 47.2 Å². The fourth-order valence-electron chi connectivity index (χ4n) is 3.15. The summed E-state index contributed by atoms with van der Waals surface area (Å²) in [6.07, 6.45) is 0. The summed E-state index contributed by atoms with van der Waals surface area (Å²) in [7, 11) is 2.21. The summed E-state index contributed by atoms with van der Waals surface area (Å²) in [4.78, 5) is 4.97. The van der Waals surface area contributed by atoms with E-state index < -0.39 is 0 Å². The Morgan fingerprint density at radius 1 is 1.07 bits per heavy atom. The van der Waals surface area contributed by atoms with Crippen molar-refractivity contribution < 1.29 is 0 Å². The van der Waals surface area contributed by atoms with Crippen LogP contribution in [0.25, 0.3) is 0 Å². The average Bonchev–Trinajstić information content (AvgIpc) is 2.14. The van der Waals surface area contributed by atoms with Gasteiger partial charge in [-0.25, -0.2) is 0 Å². The summed E-state index contributed by atoms with van der Waals surface area (Å²) < 4.78 is 0. The number of rotatable bonds is 2. The SMILES string of the molecule is CN1CC2(C1)CN(Cc1ccccc1)C2. The van der Waals surface area contributed by atoms with Crippen LogP contribution in [0, 0.1) is 5.41 Å². The van der Waals surface area contributed by atoms with Crippen LogP contribution in [0.3, 0.4) is 0 Å². The van der Waals surface area contributed by atoms with Crippen LogP contribution in [-0.4, -0.2) is 43.0 Å². The number of hydrogen-bond donors (Lipinski definition) is 0. The molecule has 2 aliphatic rings. The van der Waals surface area contributed by atoms with E-state index in [9.17, 15) is 0 Å². The Hall–Kier alpha value is -0.860. The van der Waals surface area contributed by atoms with E-state index in [0.29, 0.717) is 5.41 Å². The summed E-state index contributed by atoms with van der Waals surface area (Å²) in [5.41, 5.74) is 2.11. The largest absolute Gasteiger partial charge is 0.305 e. The van der Waals surface area contributed by atoms with Gasteiger partial charge in [0.2, 0.25) is 0 Å². The van der Waals surface area contributed by atoms with E-state index in [4.69, 9.17) is 0 Å². The molecular weight excluding hydrogens is 184 g/mol. The first kappa shape index (κ1) is 9.37. The van der Waals surface area contributed by atoms with E-state index in [0.717, 1.165) is 6.54 Å². The van der Waals surface area contributed by atoms with E-state index in [1.54, 1.807) is 0 Å². The lowest BCUT2D eigenvalue weighted by Crippen LogP contribution is -2.70. The third-order valence-electron chi connectivity index (χ3n) is 3.58. The molecule has 2 heteroatoms. The van der Waals surface area contributed by atoms with Crippen molar-refractivity contribution in [3.8, 4) is 0 Å². The molecule has 0 unspecified atom stereocenters. The highest BCUT2D eigenvalue weighted by atomic mass is 15.3. The van der Waals surface area contributed by atoms with E-state index in [1.807, 2.05) is 0 Å². The number of nitrogens with zero attached hydrogens (tertiary/aromatic N) is 2. The van der Waals surface area contributed by atoms with Gasteiger partial charge < -0.3 is 4.90 Å². The second kappa shape index (κ2) is 3.32. The summed E-state index contributed by atoms with van der Waals surface area (Å²) in [5, 5.41) is 0. The van der Waals surface area contributed by atoms with Gasteiger partial charge in [0.05, 0.1) is 0 Å². The standard InChI is InChI=1S/C13H18N2/c1-14-8-13(9-14)10-15(11-13)7-12-5-3-2-4-6-12/h2-6H,7-11H2,1H3. The molecule has 15 heavy (non-hydrogen) atoms. The fourth-order valence-corrected chi connectivity index (χ4v) is 3.15. The van der Waals surface area contributed by atoms with Crippen LogP contribution in [0.5, 0.6) is 0 Å². The highest BCUT2D eigenvalue weighted by Crippen LogP contribution is 2.39. The molecule has 0 amide bonds. The van der Waals surface area contributed by atoms with Gasteiger partial charge in [-0.15, -0.1) is 0 Å². The lowest BCUT2D eigenvalue weighted by molar-refractivity contribution is -0.107. The first-order valence-corrected chi connectivity index (χ1v) is 5.71. The quantitative estimate of drug-likeness (QED) is 0.716. The van der Waals surface area contributed by atoms with Crippen LogP contribution in [0.4, 0.5) is 0 Å². The third-order valence-corrected chi connectivity index (χ3v) is 3.58. The van der Waals surface area contributed by atoms with Gasteiger partial charge in [0.15, 0.2) is 0 Å². The Bertz CT molecular complexity index is 333. The Balaban J connectivity index is 1.52. The van der Waals surface area contributed by atoms with Gasteiger partial charge in [-0.3, -0.25) is 4.90 Å². The second-order valence-electron chi connectivity index (χ2n) is 5.30. The number of hydrogen-bond acceptors (Lipinski definition) is 2. The molecule has 2 aliphatic heterocycles. The van der Waals surface area contributed by atoms with Crippen molar-refractivity contribution in [3.05, 3.63) is 35.9 Å². The predicted octanol–water partition coefficient (Wildman–Crippen LogP) is 1.43. The van der Waals surface area contributed by atoms with E-state index >= 15 is 0 Å². The van der Waals surface area contributed by atoms with E-state index in [-0.39, 0.29) is 0 Å². The molecule has 0 radical (unpaired) electrons. The molecule has 0 atom stereocenters. The summed E-state index contributed by atoms with van der Waals surface area (Å²) in [6.45, 7) is 6.33. The minimum atomic E-state index is 0.670. The molecule has 0 aromatic heterocycles. The average molecular weight is 202 g/mol. The topological polar surface area (TPSA) is 6.48 Å². The number of benzene rings is 1. The Morgan fingerprint density at radius 3 is 2.33 bits per heavy atom. The van der Waals surface area contributed by atoms with Crippen LogP contribution in [0.1, 0.15) is 5.56 Å². The normalized spacial score (nSPS) is 24.9. The molecule has 0 bridgehead atoms. The Morgan fingerprint density at radius 2 is 1.73 bits per heavy atom. The maximum absolute atomic E-state index is 2.56. The van der Waals surface area contributed by atoms with Crippen molar-refractivity contribution in [1.29, 1.82) is 0 Å². The minimum absolute atomic E-state index is 0.670. The van der Waals surface area contributed by atoms with Gasteiger partial charge in [0, 0.05) is 38.1 Å². The van der Waals surface area contributed by atoms with Crippen LogP contribution >= 0.6 is 0 Å². The van der Waals surface area contributed by atoms with Crippen molar-refractivity contribution >= 4 is 0 Å². The molecule has 2 saturated heterocycles. The molecule has 0 N–H and O–H groups in total. The fraction of sp³-hybridized carbons (Fsp3) is 0.538. The molecule has 1 aromatic rings. The lowest BCUT2D eigenvalue weighted by Gasteiger charge is -2.59. The maximum Gasteiger partial charge on any atom is 0.0234 e. The predicted molar refractivity (Wildman–Crippen MR) is 61.6 cm³/mol. The van der Waals surface area contributed by atoms with Gasteiger partial charge in [-0.1, -0.05) is 30.3 Å². The molecule has 3 rings (SSSR count). The number of likely N-dealkylation sites (tertiary alicyclic amines) is 2. The molecule has 0 aliphatic carbocycles. The molecule has 80 valence electrons. The second-order valence-corrected chi connectivity index (χ2v) is 5.30. The first-order valence-electron chi connectivity index (χ1n) is 5.71. The Labute approximate surface area is 91.5 Å². The summed E-state index contributed by atoms with van der Waals surface area (Å²) in [5.74, 6) is 0. The van der Waals surface area contributed by atoms with E-state index in [1.165, 1.54) is 31.7 Å². The van der Waals surface area contributed by atoms with Crippen molar-refractivity contribution in [3.63, 3.8) is 0 Å². The summed E-state index contributed by atoms with van der Waals surface area (Å²) in [6, 6.07) is 10.8. The molecule has 1 aromatic carbocycles. The molecule has 2 nitrogen and oxygen atoms in total. The van der Waals surface area contributed by atoms with Crippen LogP contribution in [-0.2, 0) is 6.54 Å². The zero-order chi connectivity index (χ0) is 10.3. The third kappa shape index (κ3) is 1.68. The minimum Gasteiger partial charge on any atom is -0.305 e. The van der Waals surface area contributed by atoms with Gasteiger partial charge in [-0.05, 0) is 12.6 Å². The zero-order valence-corrected chi connectivity index (χ0v) is 9.32.